The van der Waals surface area contributed by atoms with Gasteiger partial charge < -0.3 is 15.8 Å². The van der Waals surface area contributed by atoms with E-state index >= 15 is 0 Å². The maximum Gasteiger partial charge on any atom is 0.255 e. The number of benzene rings is 1. The van der Waals surface area contributed by atoms with Gasteiger partial charge in [0.1, 0.15) is 11.6 Å². The van der Waals surface area contributed by atoms with Gasteiger partial charge in [-0.3, -0.25) is 4.79 Å². The van der Waals surface area contributed by atoms with Crippen LogP contribution in [-0.4, -0.2) is 17.5 Å². The third kappa shape index (κ3) is 6.30. The summed E-state index contributed by atoms with van der Waals surface area (Å²) in [4.78, 5) is 16.1. The van der Waals surface area contributed by atoms with Gasteiger partial charge in [-0.25, -0.2) is 4.98 Å². The van der Waals surface area contributed by atoms with Crippen LogP contribution in [0.25, 0.3) is 0 Å². The van der Waals surface area contributed by atoms with Gasteiger partial charge in [0, 0.05) is 12.7 Å². The van der Waals surface area contributed by atoms with Crippen molar-refractivity contribution in [1.82, 2.24) is 10.3 Å². The van der Waals surface area contributed by atoms with Crippen molar-refractivity contribution in [3.63, 3.8) is 0 Å². The van der Waals surface area contributed by atoms with Crippen LogP contribution < -0.4 is 15.8 Å². The summed E-state index contributed by atoms with van der Waals surface area (Å²) in [5.74, 6) is 0.794. The first-order chi connectivity index (χ1) is 12.2. The highest BCUT2D eigenvalue weighted by Gasteiger charge is 2.09. The zero-order chi connectivity index (χ0) is 17.9. The highest BCUT2D eigenvalue weighted by molar-refractivity contribution is 5.98. The molecule has 132 valence electrons. The molecule has 1 heterocycles. The first-order valence-electron chi connectivity index (χ1n) is 8.56. The Morgan fingerprint density at radius 3 is 2.88 bits per heavy atom. The number of rotatable bonds is 9. The molecule has 0 spiro atoms. The molecule has 0 saturated carbocycles. The van der Waals surface area contributed by atoms with E-state index in [-0.39, 0.29) is 11.7 Å². The van der Waals surface area contributed by atoms with Gasteiger partial charge in [0.25, 0.3) is 5.91 Å². The number of pyridine rings is 1. The Labute approximate surface area is 148 Å². The molecule has 5 heteroatoms. The van der Waals surface area contributed by atoms with Crippen LogP contribution in [0.2, 0.25) is 0 Å². The van der Waals surface area contributed by atoms with Crippen molar-refractivity contribution in [1.29, 1.82) is 0 Å². The summed E-state index contributed by atoms with van der Waals surface area (Å²) in [6.45, 7) is 3.21. The molecule has 3 N–H and O–H groups in total. The number of nitrogens with two attached hydrogens (primary N) is 1. The standard InChI is InChI=1S/C20H25N3O2/c1-2-3-4-5-6-13-25-17-10-7-9-16(14-17)15-23-20(24)18-11-8-12-22-19(18)21/h4-5,7-12,14H,2-3,6,13,15H2,1H3,(H2,21,22)(H,23,24)/b5-4+. The molecule has 2 rings (SSSR count). The van der Waals surface area contributed by atoms with Gasteiger partial charge in [0.05, 0.1) is 12.2 Å². The lowest BCUT2D eigenvalue weighted by atomic mass is 10.2. The van der Waals surface area contributed by atoms with Crippen LogP contribution in [0, 0.1) is 0 Å². The largest absolute Gasteiger partial charge is 0.493 e. The Bertz CT molecular complexity index is 714. The first-order valence-corrected chi connectivity index (χ1v) is 8.56. The number of amides is 1. The molecule has 0 bridgehead atoms. The van der Waals surface area contributed by atoms with Crippen LogP contribution in [0.3, 0.4) is 0 Å². The van der Waals surface area contributed by atoms with E-state index in [4.69, 9.17) is 10.5 Å². The number of ether oxygens (including phenoxy) is 1. The Hall–Kier alpha value is -2.82. The molecule has 25 heavy (non-hydrogen) atoms. The summed E-state index contributed by atoms with van der Waals surface area (Å²) in [7, 11) is 0. The number of nitrogen functional groups attached to an aromatic ring is 1. The molecule has 5 nitrogen and oxygen atoms in total. The molecule has 0 atom stereocenters. The number of allylic oxidation sites excluding steroid dienone is 1. The summed E-state index contributed by atoms with van der Waals surface area (Å²) in [6.07, 6.45) is 9.05. The van der Waals surface area contributed by atoms with Gasteiger partial charge in [-0.2, -0.15) is 0 Å². The molecule has 0 radical (unpaired) electrons. The summed E-state index contributed by atoms with van der Waals surface area (Å²) < 4.78 is 5.74. The molecule has 0 fully saturated rings. The van der Waals surface area contributed by atoms with Crippen molar-refractivity contribution in [3.05, 3.63) is 65.9 Å². The second kappa shape index (κ2) is 10.1. The maximum absolute atomic E-state index is 12.2. The molecule has 1 amide bonds. The van der Waals surface area contributed by atoms with Crippen LogP contribution in [0.15, 0.2) is 54.7 Å². The Balaban J connectivity index is 1.83. The van der Waals surface area contributed by atoms with Gasteiger partial charge in [-0.05, 0) is 42.7 Å². The second-order valence-corrected chi connectivity index (χ2v) is 5.66. The van der Waals surface area contributed by atoms with E-state index in [1.807, 2.05) is 24.3 Å². The molecule has 2 aromatic rings. The number of carbonyl (C=O) groups excluding carboxylic acids is 1. The van der Waals surface area contributed by atoms with Crippen LogP contribution in [0.4, 0.5) is 5.82 Å². The molecule has 0 aliphatic heterocycles. The van der Waals surface area contributed by atoms with Gasteiger partial charge in [-0.1, -0.05) is 37.6 Å². The Morgan fingerprint density at radius 2 is 2.08 bits per heavy atom. The van der Waals surface area contributed by atoms with Crippen molar-refractivity contribution in [3.8, 4) is 5.75 Å². The van der Waals surface area contributed by atoms with Crippen molar-refractivity contribution < 1.29 is 9.53 Å². The number of carbonyl (C=O) groups is 1. The second-order valence-electron chi connectivity index (χ2n) is 5.66. The van der Waals surface area contributed by atoms with Crippen LogP contribution in [0.5, 0.6) is 5.75 Å². The van der Waals surface area contributed by atoms with E-state index in [0.29, 0.717) is 18.7 Å². The van der Waals surface area contributed by atoms with Crippen LogP contribution in [0.1, 0.15) is 42.1 Å². The van der Waals surface area contributed by atoms with E-state index in [2.05, 4.69) is 29.4 Å². The van der Waals surface area contributed by atoms with Gasteiger partial charge >= 0.3 is 0 Å². The quantitative estimate of drug-likeness (QED) is 0.539. The minimum atomic E-state index is -0.238. The molecular weight excluding hydrogens is 314 g/mol. The van der Waals surface area contributed by atoms with Gasteiger partial charge in [-0.15, -0.1) is 0 Å². The zero-order valence-corrected chi connectivity index (χ0v) is 14.6. The van der Waals surface area contributed by atoms with E-state index in [1.54, 1.807) is 18.3 Å². The van der Waals surface area contributed by atoms with Gasteiger partial charge in [0.2, 0.25) is 0 Å². The van der Waals surface area contributed by atoms with Gasteiger partial charge in [0.15, 0.2) is 0 Å². The van der Waals surface area contributed by atoms with E-state index in [9.17, 15) is 4.79 Å². The third-order valence-electron chi connectivity index (χ3n) is 3.61. The third-order valence-corrected chi connectivity index (χ3v) is 3.61. The van der Waals surface area contributed by atoms with E-state index in [1.165, 1.54) is 0 Å². The van der Waals surface area contributed by atoms with Crippen molar-refractivity contribution in [2.24, 2.45) is 0 Å². The van der Waals surface area contributed by atoms with Crippen LogP contribution >= 0.6 is 0 Å². The Morgan fingerprint density at radius 1 is 1.24 bits per heavy atom. The molecule has 1 aromatic carbocycles. The Kier molecular flexibility index (Phi) is 7.50. The summed E-state index contributed by atoms with van der Waals surface area (Å²) in [5, 5.41) is 2.85. The highest BCUT2D eigenvalue weighted by atomic mass is 16.5. The van der Waals surface area contributed by atoms with Crippen molar-refractivity contribution in [2.75, 3.05) is 12.3 Å². The minimum Gasteiger partial charge on any atom is -0.493 e. The lowest BCUT2D eigenvalue weighted by Crippen LogP contribution is -2.24. The van der Waals surface area contributed by atoms with E-state index < -0.39 is 0 Å². The predicted octanol–water partition coefficient (Wildman–Crippen LogP) is 3.72. The van der Waals surface area contributed by atoms with Crippen molar-refractivity contribution in [2.45, 2.75) is 32.7 Å². The summed E-state index contributed by atoms with van der Waals surface area (Å²) >= 11 is 0. The SMILES string of the molecule is CCC/C=C/CCOc1cccc(CNC(=O)c2cccnc2N)c1. The highest BCUT2D eigenvalue weighted by Crippen LogP contribution is 2.14. The lowest BCUT2D eigenvalue weighted by molar-refractivity contribution is 0.0951. The topological polar surface area (TPSA) is 77.2 Å². The fourth-order valence-electron chi connectivity index (χ4n) is 2.28. The average molecular weight is 339 g/mol. The van der Waals surface area contributed by atoms with E-state index in [0.717, 1.165) is 30.6 Å². The number of hydrogen-bond acceptors (Lipinski definition) is 4. The summed E-state index contributed by atoms with van der Waals surface area (Å²) in [5.41, 5.74) is 7.07. The normalized spacial score (nSPS) is 10.8. The molecule has 1 aromatic heterocycles. The minimum absolute atomic E-state index is 0.230. The number of anilines is 1. The molecule has 0 unspecified atom stereocenters. The fraction of sp³-hybridized carbons (Fsp3) is 0.300. The molecule has 0 aliphatic rings. The zero-order valence-electron chi connectivity index (χ0n) is 14.6. The van der Waals surface area contributed by atoms with Crippen LogP contribution in [-0.2, 0) is 6.54 Å². The van der Waals surface area contributed by atoms with Crippen molar-refractivity contribution >= 4 is 11.7 Å². The number of aromatic nitrogens is 1. The average Bonchev–Trinajstić information content (AvgIpc) is 2.63. The lowest BCUT2D eigenvalue weighted by Gasteiger charge is -2.09. The maximum atomic E-state index is 12.2. The number of nitrogens with one attached hydrogen (secondary N) is 1. The monoisotopic (exact) mass is 339 g/mol. The number of hydrogen-bond donors (Lipinski definition) is 2. The predicted molar refractivity (Wildman–Crippen MR) is 100 cm³/mol. The number of unbranched alkanes of at least 4 members (excludes halogenated alkanes) is 1. The molecule has 0 aliphatic carbocycles. The first kappa shape index (κ1) is 18.5. The molecular formula is C20H25N3O2. The smallest absolute Gasteiger partial charge is 0.255 e. The number of nitrogens with zero attached hydrogens (tertiary/aromatic N) is 1. The molecule has 0 saturated heterocycles. The fourth-order valence-corrected chi connectivity index (χ4v) is 2.28. The summed E-state index contributed by atoms with van der Waals surface area (Å²) in [6, 6.07) is 11.1.